The molecule has 0 saturated carbocycles. The predicted octanol–water partition coefficient (Wildman–Crippen LogP) is 1.57. The third-order valence-corrected chi connectivity index (χ3v) is 3.61. The minimum atomic E-state index is -0.185. The van der Waals surface area contributed by atoms with E-state index in [4.69, 9.17) is 16.3 Å². The van der Waals surface area contributed by atoms with Crippen LogP contribution in [0.15, 0.2) is 18.2 Å². The second-order valence-electron chi connectivity index (χ2n) is 4.21. The number of hydrogen-bond acceptors (Lipinski definition) is 3. The normalized spacial score (nSPS) is 24.7. The molecule has 16 heavy (non-hydrogen) atoms. The van der Waals surface area contributed by atoms with Crippen molar-refractivity contribution in [2.75, 3.05) is 26.8 Å². The van der Waals surface area contributed by atoms with Crippen molar-refractivity contribution in [1.29, 1.82) is 0 Å². The monoisotopic (exact) mass is 241 g/mol. The number of benzene rings is 1. The standard InChI is InChI=1S/C12H16ClNO2/c1-16-11-3-2-9(6-10(11)13)12(8-15)4-5-14-7-12/h2-3,6,14-15H,4-5,7-8H2,1H3. The van der Waals surface area contributed by atoms with Crippen LogP contribution in [0.5, 0.6) is 5.75 Å². The molecule has 0 radical (unpaired) electrons. The first kappa shape index (κ1) is 11.7. The van der Waals surface area contributed by atoms with Crippen molar-refractivity contribution in [1.82, 2.24) is 5.32 Å². The number of aliphatic hydroxyl groups is 1. The van der Waals surface area contributed by atoms with Crippen LogP contribution in [0.2, 0.25) is 5.02 Å². The quantitative estimate of drug-likeness (QED) is 0.844. The third kappa shape index (κ3) is 1.90. The second kappa shape index (κ2) is 4.62. The van der Waals surface area contributed by atoms with Crippen LogP contribution in [0.25, 0.3) is 0 Å². The van der Waals surface area contributed by atoms with Gasteiger partial charge in [-0.25, -0.2) is 0 Å². The Labute approximate surface area is 100 Å². The first-order valence-corrected chi connectivity index (χ1v) is 5.75. The molecule has 2 rings (SSSR count). The summed E-state index contributed by atoms with van der Waals surface area (Å²) in [6, 6.07) is 5.73. The van der Waals surface area contributed by atoms with Gasteiger partial charge in [-0.1, -0.05) is 17.7 Å². The fourth-order valence-electron chi connectivity index (χ4n) is 2.21. The number of ether oxygens (including phenoxy) is 1. The van der Waals surface area contributed by atoms with Crippen molar-refractivity contribution in [3.8, 4) is 5.75 Å². The van der Waals surface area contributed by atoms with E-state index in [0.29, 0.717) is 10.8 Å². The molecule has 1 aromatic carbocycles. The van der Waals surface area contributed by atoms with Gasteiger partial charge in [0.25, 0.3) is 0 Å². The highest BCUT2D eigenvalue weighted by Crippen LogP contribution is 2.34. The summed E-state index contributed by atoms with van der Waals surface area (Å²) in [6.45, 7) is 1.87. The number of hydrogen-bond donors (Lipinski definition) is 2. The Kier molecular flexibility index (Phi) is 3.38. The zero-order valence-corrected chi connectivity index (χ0v) is 10.0. The van der Waals surface area contributed by atoms with Gasteiger partial charge in [-0.3, -0.25) is 0 Å². The second-order valence-corrected chi connectivity index (χ2v) is 4.62. The molecule has 0 bridgehead atoms. The van der Waals surface area contributed by atoms with Crippen molar-refractivity contribution in [3.63, 3.8) is 0 Å². The summed E-state index contributed by atoms with van der Waals surface area (Å²) in [5.41, 5.74) is 0.890. The summed E-state index contributed by atoms with van der Waals surface area (Å²) in [5.74, 6) is 0.671. The minimum Gasteiger partial charge on any atom is -0.495 e. The molecule has 0 spiro atoms. The summed E-state index contributed by atoms with van der Waals surface area (Å²) in [4.78, 5) is 0. The molecular formula is C12H16ClNO2. The molecule has 1 aliphatic heterocycles. The molecule has 1 unspecified atom stereocenters. The number of methoxy groups -OCH3 is 1. The number of halogens is 1. The molecule has 2 N–H and O–H groups in total. The van der Waals surface area contributed by atoms with Crippen LogP contribution >= 0.6 is 11.6 Å². The van der Waals surface area contributed by atoms with E-state index in [9.17, 15) is 5.11 Å². The molecule has 1 aromatic rings. The molecule has 0 amide bonds. The maximum atomic E-state index is 9.57. The number of nitrogens with one attached hydrogen (secondary N) is 1. The Morgan fingerprint density at radius 2 is 2.38 bits per heavy atom. The zero-order valence-electron chi connectivity index (χ0n) is 9.29. The van der Waals surface area contributed by atoms with E-state index in [1.807, 2.05) is 18.2 Å². The molecule has 4 heteroatoms. The van der Waals surface area contributed by atoms with Gasteiger partial charge in [0.05, 0.1) is 18.7 Å². The first-order valence-electron chi connectivity index (χ1n) is 5.37. The van der Waals surface area contributed by atoms with Gasteiger partial charge in [0.15, 0.2) is 0 Å². The van der Waals surface area contributed by atoms with Crippen LogP contribution in [0.3, 0.4) is 0 Å². The van der Waals surface area contributed by atoms with Gasteiger partial charge in [-0.15, -0.1) is 0 Å². The molecule has 3 nitrogen and oxygen atoms in total. The maximum absolute atomic E-state index is 9.57. The van der Waals surface area contributed by atoms with Gasteiger partial charge in [0.1, 0.15) is 5.75 Å². The Bertz CT molecular complexity index is 375. The van der Waals surface area contributed by atoms with Gasteiger partial charge in [0.2, 0.25) is 0 Å². The summed E-state index contributed by atoms with van der Waals surface area (Å²) in [5, 5.41) is 13.4. The van der Waals surface area contributed by atoms with E-state index in [1.54, 1.807) is 7.11 Å². The van der Waals surface area contributed by atoms with Gasteiger partial charge < -0.3 is 15.2 Å². The highest BCUT2D eigenvalue weighted by atomic mass is 35.5. The van der Waals surface area contributed by atoms with E-state index in [-0.39, 0.29) is 12.0 Å². The van der Waals surface area contributed by atoms with Crippen molar-refractivity contribution in [3.05, 3.63) is 28.8 Å². The molecule has 0 aromatic heterocycles. The number of rotatable bonds is 3. The highest BCUT2D eigenvalue weighted by Gasteiger charge is 2.35. The van der Waals surface area contributed by atoms with Crippen LogP contribution in [0.1, 0.15) is 12.0 Å². The van der Waals surface area contributed by atoms with Crippen LogP contribution in [-0.2, 0) is 5.41 Å². The Morgan fingerprint density at radius 3 is 2.88 bits per heavy atom. The lowest BCUT2D eigenvalue weighted by molar-refractivity contribution is 0.205. The van der Waals surface area contributed by atoms with E-state index in [2.05, 4.69) is 5.32 Å². The fraction of sp³-hybridized carbons (Fsp3) is 0.500. The molecule has 1 aliphatic rings. The summed E-state index contributed by atoms with van der Waals surface area (Å²) in [7, 11) is 1.60. The van der Waals surface area contributed by atoms with Crippen LogP contribution < -0.4 is 10.1 Å². The van der Waals surface area contributed by atoms with Crippen LogP contribution in [0, 0.1) is 0 Å². The topological polar surface area (TPSA) is 41.5 Å². The van der Waals surface area contributed by atoms with Crippen molar-refractivity contribution < 1.29 is 9.84 Å². The third-order valence-electron chi connectivity index (χ3n) is 3.31. The van der Waals surface area contributed by atoms with Crippen molar-refractivity contribution >= 4 is 11.6 Å². The Morgan fingerprint density at radius 1 is 1.56 bits per heavy atom. The lowest BCUT2D eigenvalue weighted by atomic mass is 9.80. The van der Waals surface area contributed by atoms with E-state index in [0.717, 1.165) is 25.1 Å². The van der Waals surface area contributed by atoms with Crippen molar-refractivity contribution in [2.45, 2.75) is 11.8 Å². The SMILES string of the molecule is COc1ccc(C2(CO)CCNC2)cc1Cl. The zero-order chi connectivity index (χ0) is 11.6. The van der Waals surface area contributed by atoms with E-state index >= 15 is 0 Å². The average Bonchev–Trinajstić information content (AvgIpc) is 2.78. The predicted molar refractivity (Wildman–Crippen MR) is 64.3 cm³/mol. The lowest BCUT2D eigenvalue weighted by Gasteiger charge is -2.26. The smallest absolute Gasteiger partial charge is 0.137 e. The molecule has 1 fully saturated rings. The number of aliphatic hydroxyl groups excluding tert-OH is 1. The fourth-order valence-corrected chi connectivity index (χ4v) is 2.47. The first-order chi connectivity index (χ1) is 7.72. The van der Waals surface area contributed by atoms with Gasteiger partial charge in [-0.2, -0.15) is 0 Å². The van der Waals surface area contributed by atoms with Gasteiger partial charge in [0, 0.05) is 12.0 Å². The molecule has 0 aliphatic carbocycles. The van der Waals surface area contributed by atoms with Gasteiger partial charge in [-0.05, 0) is 30.7 Å². The van der Waals surface area contributed by atoms with Crippen molar-refractivity contribution in [2.24, 2.45) is 0 Å². The largest absolute Gasteiger partial charge is 0.495 e. The lowest BCUT2D eigenvalue weighted by Crippen LogP contribution is -2.33. The van der Waals surface area contributed by atoms with E-state index in [1.165, 1.54) is 0 Å². The van der Waals surface area contributed by atoms with Crippen LogP contribution in [-0.4, -0.2) is 31.9 Å². The molecule has 1 atom stereocenters. The highest BCUT2D eigenvalue weighted by molar-refractivity contribution is 6.32. The molecule has 88 valence electrons. The van der Waals surface area contributed by atoms with E-state index < -0.39 is 0 Å². The Hall–Kier alpha value is -0.770. The summed E-state index contributed by atoms with van der Waals surface area (Å²) >= 11 is 6.10. The summed E-state index contributed by atoms with van der Waals surface area (Å²) < 4.78 is 5.12. The maximum Gasteiger partial charge on any atom is 0.137 e. The minimum absolute atomic E-state index is 0.142. The molecule has 1 heterocycles. The summed E-state index contributed by atoms with van der Waals surface area (Å²) in [6.07, 6.45) is 0.937. The Balaban J connectivity index is 2.36. The molecule has 1 saturated heterocycles. The van der Waals surface area contributed by atoms with Gasteiger partial charge >= 0.3 is 0 Å². The van der Waals surface area contributed by atoms with Crippen LogP contribution in [0.4, 0.5) is 0 Å². The molecular weight excluding hydrogens is 226 g/mol. The average molecular weight is 242 g/mol.